The third-order valence-corrected chi connectivity index (χ3v) is 7.20. The summed E-state index contributed by atoms with van der Waals surface area (Å²) in [4.78, 5) is 30.6. The molecule has 0 saturated carbocycles. The molecule has 3 aliphatic rings. The van der Waals surface area contributed by atoms with Crippen LogP contribution in [0.5, 0.6) is 0 Å². The van der Waals surface area contributed by atoms with Gasteiger partial charge in [-0.2, -0.15) is 0 Å². The molecule has 0 aliphatic carbocycles. The van der Waals surface area contributed by atoms with Crippen molar-refractivity contribution in [3.8, 4) is 0 Å². The fourth-order valence-electron chi connectivity index (χ4n) is 5.53. The van der Waals surface area contributed by atoms with Crippen molar-refractivity contribution in [1.82, 2.24) is 19.7 Å². The molecule has 164 valence electrons. The van der Waals surface area contributed by atoms with Crippen molar-refractivity contribution < 1.29 is 4.79 Å². The number of hydrogen-bond acceptors (Lipinski definition) is 4. The van der Waals surface area contributed by atoms with Crippen molar-refractivity contribution in [2.45, 2.75) is 44.8 Å². The number of fused-ring (bicyclic) bond motifs is 4. The first-order valence-corrected chi connectivity index (χ1v) is 11.6. The van der Waals surface area contributed by atoms with E-state index in [1.54, 1.807) is 18.0 Å². The first-order chi connectivity index (χ1) is 15.1. The van der Waals surface area contributed by atoms with Crippen LogP contribution in [0.3, 0.4) is 0 Å². The number of rotatable bonds is 5. The van der Waals surface area contributed by atoms with E-state index in [1.807, 2.05) is 16.7 Å². The largest absolute Gasteiger partial charge is 0.337 e. The number of pyridine rings is 1. The molecule has 2 fully saturated rings. The first kappa shape index (κ1) is 20.5. The molecule has 2 saturated heterocycles. The molecule has 2 bridgehead atoms. The van der Waals surface area contributed by atoms with E-state index in [-0.39, 0.29) is 17.0 Å². The van der Waals surface area contributed by atoms with Gasteiger partial charge in [-0.15, -0.1) is 0 Å². The summed E-state index contributed by atoms with van der Waals surface area (Å²) in [6, 6.07) is 12.1. The Hall–Kier alpha value is -2.44. The van der Waals surface area contributed by atoms with Gasteiger partial charge in [0.25, 0.3) is 11.5 Å². The molecule has 31 heavy (non-hydrogen) atoms. The Balaban J connectivity index is 1.36. The van der Waals surface area contributed by atoms with Crippen molar-refractivity contribution in [2.75, 3.05) is 33.2 Å². The van der Waals surface area contributed by atoms with Gasteiger partial charge in [-0.05, 0) is 68.1 Å². The van der Waals surface area contributed by atoms with Crippen LogP contribution in [0.4, 0.5) is 0 Å². The van der Waals surface area contributed by atoms with E-state index < -0.39 is 0 Å². The summed E-state index contributed by atoms with van der Waals surface area (Å²) in [5.41, 5.74) is 3.66. The summed E-state index contributed by atoms with van der Waals surface area (Å²) in [6.07, 6.45) is 3.66. The van der Waals surface area contributed by atoms with Crippen LogP contribution in [0.25, 0.3) is 0 Å². The monoisotopic (exact) mass is 420 g/mol. The fourth-order valence-corrected chi connectivity index (χ4v) is 5.53. The minimum atomic E-state index is -0.190. The molecule has 1 aromatic carbocycles. The third kappa shape index (κ3) is 4.06. The lowest BCUT2D eigenvalue weighted by atomic mass is 9.84. The number of piperidine rings is 1. The summed E-state index contributed by atoms with van der Waals surface area (Å²) in [5.74, 6) is 0.661. The van der Waals surface area contributed by atoms with Crippen molar-refractivity contribution in [3.63, 3.8) is 0 Å². The molecule has 0 spiro atoms. The van der Waals surface area contributed by atoms with Crippen LogP contribution in [0, 0.1) is 5.92 Å². The number of likely N-dealkylation sites (tertiary alicyclic amines) is 1. The number of hydrogen-bond donors (Lipinski definition) is 1. The number of benzene rings is 1. The second kappa shape index (κ2) is 8.60. The second-order valence-corrected chi connectivity index (χ2v) is 9.46. The molecule has 1 amide bonds. The topological polar surface area (TPSA) is 57.6 Å². The van der Waals surface area contributed by atoms with Crippen LogP contribution in [-0.2, 0) is 19.6 Å². The van der Waals surface area contributed by atoms with Crippen molar-refractivity contribution in [2.24, 2.45) is 5.92 Å². The number of nitrogens with zero attached hydrogens (tertiary/aromatic N) is 3. The van der Waals surface area contributed by atoms with Gasteiger partial charge in [-0.3, -0.25) is 14.5 Å². The smallest absolute Gasteiger partial charge is 0.263 e. The van der Waals surface area contributed by atoms with Gasteiger partial charge in [-0.1, -0.05) is 24.3 Å². The Kier molecular flexibility index (Phi) is 5.67. The highest BCUT2D eigenvalue weighted by atomic mass is 16.2. The van der Waals surface area contributed by atoms with Crippen molar-refractivity contribution in [1.29, 1.82) is 0 Å². The summed E-state index contributed by atoms with van der Waals surface area (Å²) in [6.45, 7) is 6.31. The van der Waals surface area contributed by atoms with Crippen LogP contribution in [0.15, 0.2) is 41.2 Å². The molecular weight excluding hydrogens is 388 g/mol. The molecule has 0 radical (unpaired) electrons. The van der Waals surface area contributed by atoms with Gasteiger partial charge in [0.15, 0.2) is 0 Å². The average Bonchev–Trinajstić information content (AvgIpc) is 3.29. The molecule has 2 atom stereocenters. The highest BCUT2D eigenvalue weighted by molar-refractivity contribution is 5.93. The van der Waals surface area contributed by atoms with E-state index in [0.29, 0.717) is 24.9 Å². The quantitative estimate of drug-likeness (QED) is 0.807. The molecule has 5 rings (SSSR count). The zero-order valence-electron chi connectivity index (χ0n) is 18.3. The Morgan fingerprint density at radius 1 is 1.10 bits per heavy atom. The van der Waals surface area contributed by atoms with Gasteiger partial charge in [0.05, 0.1) is 0 Å². The molecule has 6 heteroatoms. The Morgan fingerprint density at radius 3 is 2.68 bits per heavy atom. The van der Waals surface area contributed by atoms with Crippen LogP contribution in [0.1, 0.15) is 52.4 Å². The number of carbonyl (C=O) groups is 1. The van der Waals surface area contributed by atoms with Crippen LogP contribution < -0.4 is 10.9 Å². The summed E-state index contributed by atoms with van der Waals surface area (Å²) < 4.78 is 1.86. The maximum Gasteiger partial charge on any atom is 0.263 e. The summed E-state index contributed by atoms with van der Waals surface area (Å²) in [7, 11) is 1.80. The Bertz CT molecular complexity index is 1020. The van der Waals surface area contributed by atoms with Crippen LogP contribution in [0.2, 0.25) is 0 Å². The predicted molar refractivity (Wildman–Crippen MR) is 121 cm³/mol. The molecule has 0 unspecified atom stereocenters. The number of carbonyl (C=O) groups excluding carboxylic acids is 1. The lowest BCUT2D eigenvalue weighted by molar-refractivity contribution is 0.0781. The Morgan fingerprint density at radius 2 is 1.87 bits per heavy atom. The fraction of sp³-hybridized carbons (Fsp3) is 0.520. The van der Waals surface area contributed by atoms with Gasteiger partial charge in [-0.25, -0.2) is 0 Å². The molecule has 4 heterocycles. The third-order valence-electron chi connectivity index (χ3n) is 7.20. The molecule has 6 nitrogen and oxygen atoms in total. The minimum Gasteiger partial charge on any atom is -0.337 e. The summed E-state index contributed by atoms with van der Waals surface area (Å²) in [5, 5.41) is 3.47. The minimum absolute atomic E-state index is 0.128. The van der Waals surface area contributed by atoms with Crippen molar-refractivity contribution >= 4 is 5.91 Å². The van der Waals surface area contributed by atoms with Gasteiger partial charge in [0.2, 0.25) is 0 Å². The number of amides is 1. The van der Waals surface area contributed by atoms with Crippen LogP contribution >= 0.6 is 0 Å². The van der Waals surface area contributed by atoms with E-state index in [9.17, 15) is 9.59 Å². The normalized spacial score (nSPS) is 22.9. The molecule has 2 aromatic rings. The van der Waals surface area contributed by atoms with Gasteiger partial charge < -0.3 is 14.8 Å². The number of nitrogens with one attached hydrogen (secondary N) is 1. The van der Waals surface area contributed by atoms with Gasteiger partial charge in [0.1, 0.15) is 5.56 Å². The van der Waals surface area contributed by atoms with Gasteiger partial charge in [0, 0.05) is 44.8 Å². The molecule has 1 N–H and O–H groups in total. The maximum atomic E-state index is 13.2. The highest BCUT2D eigenvalue weighted by Crippen LogP contribution is 2.31. The molecular formula is C25H32N4O2. The molecule has 3 aliphatic heterocycles. The lowest BCUT2D eigenvalue weighted by Crippen LogP contribution is -2.46. The van der Waals surface area contributed by atoms with Crippen molar-refractivity contribution in [3.05, 3.63) is 69.1 Å². The van der Waals surface area contributed by atoms with E-state index in [0.717, 1.165) is 50.4 Å². The van der Waals surface area contributed by atoms with Crippen LogP contribution in [-0.4, -0.2) is 53.5 Å². The summed E-state index contributed by atoms with van der Waals surface area (Å²) >= 11 is 0. The average molecular weight is 421 g/mol. The van der Waals surface area contributed by atoms with E-state index in [2.05, 4.69) is 28.4 Å². The first-order valence-electron chi connectivity index (χ1n) is 11.6. The SMILES string of the molecule is CN(Cc1ccccc1CN1CCCC1)C(=O)c1ccc2n(c1=O)C[C@@H]1CNC[C@H]2C1. The standard InChI is InChI=1S/C25H32N4O2/c1-27(16-19-6-2-3-7-20(19)17-28-10-4-5-11-28)24(30)22-8-9-23-21-12-18(13-26-14-21)15-29(23)25(22)31/h2-3,6-9,18,21,26H,4-5,10-17H2,1H3/t18-,21+/m0/s1. The van der Waals surface area contributed by atoms with E-state index >= 15 is 0 Å². The zero-order valence-corrected chi connectivity index (χ0v) is 18.3. The molecule has 1 aromatic heterocycles. The predicted octanol–water partition coefficient (Wildman–Crippen LogP) is 2.42. The van der Waals surface area contributed by atoms with Gasteiger partial charge >= 0.3 is 0 Å². The highest BCUT2D eigenvalue weighted by Gasteiger charge is 2.32. The maximum absolute atomic E-state index is 13.2. The second-order valence-electron chi connectivity index (χ2n) is 9.46. The Labute approximate surface area is 183 Å². The van der Waals surface area contributed by atoms with E-state index in [4.69, 9.17) is 0 Å². The van der Waals surface area contributed by atoms with E-state index in [1.165, 1.54) is 18.4 Å². The lowest BCUT2D eigenvalue weighted by Gasteiger charge is -2.37. The zero-order chi connectivity index (χ0) is 21.4. The number of aromatic nitrogens is 1.